The zero-order chi connectivity index (χ0) is 15.6. The first-order valence-electron chi connectivity index (χ1n) is 7.86. The minimum absolute atomic E-state index is 0.611. The Balaban J connectivity index is 1.73. The molecule has 1 aliphatic carbocycles. The summed E-state index contributed by atoms with van der Waals surface area (Å²) in [5, 5.41) is 4.37. The van der Waals surface area contributed by atoms with Crippen LogP contribution in [-0.4, -0.2) is 11.2 Å². The van der Waals surface area contributed by atoms with Gasteiger partial charge in [-0.2, -0.15) is 0 Å². The lowest BCUT2D eigenvalue weighted by molar-refractivity contribution is 0.340. The summed E-state index contributed by atoms with van der Waals surface area (Å²) in [5.74, 6) is 0.895. The number of benzene rings is 1. The molecular formula is C18H18N2OS2. The van der Waals surface area contributed by atoms with Gasteiger partial charge in [-0.1, -0.05) is 6.07 Å². The van der Waals surface area contributed by atoms with Crippen LogP contribution in [-0.2, 0) is 0 Å². The van der Waals surface area contributed by atoms with E-state index in [9.17, 15) is 0 Å². The van der Waals surface area contributed by atoms with Gasteiger partial charge in [0.2, 0.25) is 0 Å². The minimum Gasteiger partial charge on any atom is -0.494 e. The van der Waals surface area contributed by atoms with Gasteiger partial charge < -0.3 is 9.30 Å². The van der Waals surface area contributed by atoms with E-state index in [0.717, 1.165) is 16.2 Å². The molecule has 0 bridgehead atoms. The molecule has 0 aliphatic heterocycles. The van der Waals surface area contributed by atoms with E-state index in [0.29, 0.717) is 12.6 Å². The van der Waals surface area contributed by atoms with Crippen LogP contribution in [0.2, 0.25) is 0 Å². The van der Waals surface area contributed by atoms with E-state index in [1.165, 1.54) is 23.4 Å². The highest BCUT2D eigenvalue weighted by Gasteiger charge is 2.27. The van der Waals surface area contributed by atoms with Crippen molar-refractivity contribution in [3.8, 4) is 16.3 Å². The predicted molar refractivity (Wildman–Crippen MR) is 96.7 cm³/mol. The summed E-state index contributed by atoms with van der Waals surface area (Å²) in [5.41, 5.74) is 2.28. The third-order valence-electron chi connectivity index (χ3n) is 3.80. The Hall–Kier alpha value is -1.85. The molecule has 2 aromatic heterocycles. The third-order valence-corrected chi connectivity index (χ3v) is 5.53. The van der Waals surface area contributed by atoms with E-state index >= 15 is 0 Å². The topological polar surface area (TPSA) is 26.5 Å². The van der Waals surface area contributed by atoms with Crippen LogP contribution in [0, 0.1) is 0 Å². The molecule has 0 radical (unpaired) electrons. The van der Waals surface area contributed by atoms with E-state index in [1.807, 2.05) is 31.2 Å². The molecule has 0 unspecified atom stereocenters. The number of aromatic nitrogens is 1. The van der Waals surface area contributed by atoms with E-state index in [4.69, 9.17) is 9.73 Å². The van der Waals surface area contributed by atoms with Gasteiger partial charge >= 0.3 is 0 Å². The largest absolute Gasteiger partial charge is 0.494 e. The maximum atomic E-state index is 5.49. The van der Waals surface area contributed by atoms with Crippen LogP contribution in [0.15, 0.2) is 52.2 Å². The second-order valence-corrected chi connectivity index (χ2v) is 7.30. The van der Waals surface area contributed by atoms with Crippen molar-refractivity contribution >= 4 is 28.4 Å². The summed E-state index contributed by atoms with van der Waals surface area (Å²) in [7, 11) is 0. The Labute approximate surface area is 143 Å². The molecule has 0 amide bonds. The van der Waals surface area contributed by atoms with Gasteiger partial charge in [-0.05, 0) is 55.5 Å². The highest BCUT2D eigenvalue weighted by molar-refractivity contribution is 7.14. The molecule has 1 aromatic carbocycles. The van der Waals surface area contributed by atoms with Gasteiger partial charge in [-0.3, -0.25) is 0 Å². The lowest BCUT2D eigenvalue weighted by Gasteiger charge is -2.06. The molecule has 1 fully saturated rings. The molecule has 118 valence electrons. The van der Waals surface area contributed by atoms with E-state index in [1.54, 1.807) is 22.7 Å². The summed E-state index contributed by atoms with van der Waals surface area (Å²) in [6.07, 6.45) is 2.51. The first kappa shape index (κ1) is 14.7. The molecule has 1 aliphatic rings. The minimum atomic E-state index is 0.611. The van der Waals surface area contributed by atoms with Crippen LogP contribution < -0.4 is 9.54 Å². The summed E-state index contributed by atoms with van der Waals surface area (Å²) >= 11 is 3.51. The van der Waals surface area contributed by atoms with E-state index in [-0.39, 0.29) is 0 Å². The predicted octanol–water partition coefficient (Wildman–Crippen LogP) is 5.24. The van der Waals surface area contributed by atoms with Crippen molar-refractivity contribution < 1.29 is 4.74 Å². The van der Waals surface area contributed by atoms with Crippen molar-refractivity contribution in [2.24, 2.45) is 4.99 Å². The fourth-order valence-electron chi connectivity index (χ4n) is 2.59. The average molecular weight is 342 g/mol. The third kappa shape index (κ3) is 3.12. The van der Waals surface area contributed by atoms with Gasteiger partial charge in [-0.15, -0.1) is 22.7 Å². The highest BCUT2D eigenvalue weighted by atomic mass is 32.1. The summed E-state index contributed by atoms with van der Waals surface area (Å²) < 4.78 is 7.90. The molecular weight excluding hydrogens is 324 g/mol. The van der Waals surface area contributed by atoms with Gasteiger partial charge in [0.05, 0.1) is 22.9 Å². The monoisotopic (exact) mass is 342 g/mol. The molecule has 5 heteroatoms. The molecule has 4 rings (SSSR count). The number of nitrogens with zero attached hydrogens (tertiary/aromatic N) is 2. The fourth-order valence-corrected chi connectivity index (χ4v) is 4.38. The van der Waals surface area contributed by atoms with Crippen molar-refractivity contribution in [2.45, 2.75) is 25.8 Å². The first-order valence-corrected chi connectivity index (χ1v) is 9.62. The number of rotatable bonds is 5. The molecule has 2 heterocycles. The molecule has 0 atom stereocenters. The molecule has 1 saturated carbocycles. The molecule has 0 spiro atoms. The van der Waals surface area contributed by atoms with Gasteiger partial charge in [-0.25, -0.2) is 4.99 Å². The fraction of sp³-hybridized carbons (Fsp3) is 0.278. The van der Waals surface area contributed by atoms with Crippen LogP contribution in [0.5, 0.6) is 5.75 Å². The Morgan fingerprint density at radius 2 is 2.00 bits per heavy atom. The van der Waals surface area contributed by atoms with Crippen molar-refractivity contribution in [1.82, 2.24) is 4.57 Å². The number of thiophene rings is 1. The van der Waals surface area contributed by atoms with Crippen molar-refractivity contribution in [1.29, 1.82) is 0 Å². The summed E-state index contributed by atoms with van der Waals surface area (Å²) in [6.45, 7) is 2.68. The van der Waals surface area contributed by atoms with E-state index in [2.05, 4.69) is 27.5 Å². The Morgan fingerprint density at radius 1 is 1.17 bits per heavy atom. The lowest BCUT2D eigenvalue weighted by atomic mass is 10.3. The second kappa shape index (κ2) is 6.34. The first-order chi connectivity index (χ1) is 11.3. The molecule has 23 heavy (non-hydrogen) atoms. The van der Waals surface area contributed by atoms with Crippen molar-refractivity contribution in [2.75, 3.05) is 6.61 Å². The van der Waals surface area contributed by atoms with Crippen LogP contribution in [0.25, 0.3) is 10.6 Å². The summed E-state index contributed by atoms with van der Waals surface area (Å²) in [6, 6.07) is 12.9. The zero-order valence-corrected chi connectivity index (χ0v) is 14.6. The lowest BCUT2D eigenvalue weighted by Crippen LogP contribution is -2.13. The van der Waals surface area contributed by atoms with Crippen LogP contribution in [0.1, 0.15) is 25.8 Å². The van der Waals surface area contributed by atoms with Crippen LogP contribution in [0.4, 0.5) is 5.69 Å². The maximum Gasteiger partial charge on any atom is 0.190 e. The Kier molecular flexibility index (Phi) is 4.06. The van der Waals surface area contributed by atoms with Crippen LogP contribution >= 0.6 is 22.7 Å². The van der Waals surface area contributed by atoms with Gasteiger partial charge in [0, 0.05) is 11.4 Å². The van der Waals surface area contributed by atoms with Crippen molar-refractivity contribution in [3.63, 3.8) is 0 Å². The number of hydrogen-bond acceptors (Lipinski definition) is 4. The standard InChI is InChI=1S/C18H18N2OS2/c1-2-21-15-9-5-13(6-10-15)19-18-20(14-7-8-14)16(12-23-18)17-4-3-11-22-17/h3-6,9-12,14H,2,7-8H2,1H3. The van der Waals surface area contributed by atoms with Gasteiger partial charge in [0.15, 0.2) is 4.80 Å². The zero-order valence-electron chi connectivity index (χ0n) is 12.9. The molecule has 3 nitrogen and oxygen atoms in total. The normalized spacial score (nSPS) is 15.1. The van der Waals surface area contributed by atoms with Gasteiger partial charge in [0.1, 0.15) is 5.75 Å². The summed E-state index contributed by atoms with van der Waals surface area (Å²) in [4.78, 5) is 7.27. The Morgan fingerprint density at radius 3 is 2.65 bits per heavy atom. The number of hydrogen-bond donors (Lipinski definition) is 0. The number of ether oxygens (including phenoxy) is 1. The van der Waals surface area contributed by atoms with Gasteiger partial charge in [0.25, 0.3) is 0 Å². The molecule has 0 saturated heterocycles. The molecule has 3 aromatic rings. The average Bonchev–Trinajstić information content (AvgIpc) is 3.10. The van der Waals surface area contributed by atoms with E-state index < -0.39 is 0 Å². The number of thiazole rings is 1. The van der Waals surface area contributed by atoms with Crippen molar-refractivity contribution in [3.05, 3.63) is 52.0 Å². The molecule has 0 N–H and O–H groups in total. The quantitative estimate of drug-likeness (QED) is 0.622. The SMILES string of the molecule is CCOc1ccc(N=c2scc(-c3cccs3)n2C2CC2)cc1. The highest BCUT2D eigenvalue weighted by Crippen LogP contribution is 2.39. The Bertz CT molecular complexity index is 840. The maximum absolute atomic E-state index is 5.49. The van der Waals surface area contributed by atoms with Crippen LogP contribution in [0.3, 0.4) is 0 Å². The second-order valence-electron chi connectivity index (χ2n) is 5.52. The smallest absolute Gasteiger partial charge is 0.190 e.